The van der Waals surface area contributed by atoms with E-state index < -0.39 is 14.8 Å². The number of H-pyrrole nitrogens is 1. The zero-order valence-corrected chi connectivity index (χ0v) is 15.9. The predicted octanol–water partition coefficient (Wildman–Crippen LogP) is 3.68. The first-order valence-corrected chi connectivity index (χ1v) is 10.3. The summed E-state index contributed by atoms with van der Waals surface area (Å²) in [5, 5.41) is 14.6. The Hall–Kier alpha value is -2.94. The van der Waals surface area contributed by atoms with E-state index in [1.807, 2.05) is 38.1 Å². The molecule has 3 aromatic rings. The number of nitro groups is 1. The topological polar surface area (TPSA) is 118 Å². The summed E-state index contributed by atoms with van der Waals surface area (Å²) < 4.78 is 23.4. The fourth-order valence-electron chi connectivity index (χ4n) is 2.85. The molecule has 0 bridgehead atoms. The van der Waals surface area contributed by atoms with Crippen LogP contribution in [0.5, 0.6) is 0 Å². The van der Waals surface area contributed by atoms with E-state index in [9.17, 15) is 18.5 Å². The van der Waals surface area contributed by atoms with E-state index in [1.165, 1.54) is 12.1 Å². The minimum atomic E-state index is -3.54. The number of sulfone groups is 1. The molecule has 0 fully saturated rings. The third-order valence-corrected chi connectivity index (χ3v) is 5.38. The molecule has 0 spiro atoms. The number of hydrogen-bond acceptors (Lipinski definition) is 6. The molecule has 9 heteroatoms. The molecule has 0 amide bonds. The molecule has 0 aliphatic rings. The molecule has 0 unspecified atom stereocenters. The fourth-order valence-corrected chi connectivity index (χ4v) is 3.49. The minimum Gasteiger partial charge on any atom is -0.369 e. The molecule has 0 saturated carbocycles. The van der Waals surface area contributed by atoms with Crippen molar-refractivity contribution in [1.29, 1.82) is 0 Å². The third kappa shape index (κ3) is 3.92. The summed E-state index contributed by atoms with van der Waals surface area (Å²) >= 11 is 0. The quantitative estimate of drug-likeness (QED) is 0.491. The highest BCUT2D eigenvalue weighted by molar-refractivity contribution is 7.90. The number of aromatic amines is 1. The molecular formula is C18H20N4O4S. The van der Waals surface area contributed by atoms with E-state index in [4.69, 9.17) is 0 Å². The Morgan fingerprint density at radius 1 is 1.19 bits per heavy atom. The predicted molar refractivity (Wildman–Crippen MR) is 104 cm³/mol. The molecule has 1 aromatic heterocycles. The van der Waals surface area contributed by atoms with E-state index in [-0.39, 0.29) is 28.2 Å². The molecule has 142 valence electrons. The molecule has 0 aliphatic carbocycles. The zero-order valence-electron chi connectivity index (χ0n) is 15.1. The van der Waals surface area contributed by atoms with Gasteiger partial charge in [-0.2, -0.15) is 0 Å². The average molecular weight is 388 g/mol. The molecule has 3 rings (SSSR count). The highest BCUT2D eigenvalue weighted by Crippen LogP contribution is 2.33. The van der Waals surface area contributed by atoms with E-state index in [0.717, 1.165) is 23.4 Å². The summed E-state index contributed by atoms with van der Waals surface area (Å²) in [6, 6.07) is 11.1. The Kier molecular flexibility index (Phi) is 4.88. The van der Waals surface area contributed by atoms with Crippen LogP contribution in [0.1, 0.15) is 25.7 Å². The van der Waals surface area contributed by atoms with Gasteiger partial charge in [-0.1, -0.05) is 26.0 Å². The molecular weight excluding hydrogens is 368 g/mol. The number of benzene rings is 2. The summed E-state index contributed by atoms with van der Waals surface area (Å²) in [6.07, 6.45) is 1.02. The van der Waals surface area contributed by atoms with Crippen molar-refractivity contribution < 1.29 is 13.3 Å². The highest BCUT2D eigenvalue weighted by atomic mass is 32.2. The normalized spacial score (nSPS) is 13.0. The van der Waals surface area contributed by atoms with Crippen LogP contribution in [0.15, 0.2) is 47.4 Å². The summed E-state index contributed by atoms with van der Waals surface area (Å²) in [4.78, 5) is 18.6. The molecule has 1 heterocycles. The van der Waals surface area contributed by atoms with Crippen molar-refractivity contribution in [2.24, 2.45) is 5.92 Å². The van der Waals surface area contributed by atoms with Gasteiger partial charge in [-0.05, 0) is 30.2 Å². The molecule has 2 N–H and O–H groups in total. The van der Waals surface area contributed by atoms with Crippen molar-refractivity contribution in [2.45, 2.75) is 24.8 Å². The molecule has 0 aliphatic heterocycles. The van der Waals surface area contributed by atoms with Gasteiger partial charge in [0.1, 0.15) is 11.5 Å². The lowest BCUT2D eigenvalue weighted by Crippen LogP contribution is -2.19. The van der Waals surface area contributed by atoms with Crippen molar-refractivity contribution in [3.8, 4) is 0 Å². The van der Waals surface area contributed by atoms with Gasteiger partial charge in [0, 0.05) is 12.3 Å². The van der Waals surface area contributed by atoms with Gasteiger partial charge >= 0.3 is 0 Å². The molecule has 0 saturated heterocycles. The maximum Gasteiger partial charge on any atom is 0.293 e. The summed E-state index contributed by atoms with van der Waals surface area (Å²) in [6.45, 7) is 3.95. The largest absolute Gasteiger partial charge is 0.369 e. The Bertz CT molecular complexity index is 1070. The first-order chi connectivity index (χ1) is 12.7. The van der Waals surface area contributed by atoms with Crippen LogP contribution in [0, 0.1) is 16.0 Å². The van der Waals surface area contributed by atoms with Crippen LogP contribution >= 0.6 is 0 Å². The highest BCUT2D eigenvalue weighted by Gasteiger charge is 2.25. The van der Waals surface area contributed by atoms with Gasteiger partial charge in [0.25, 0.3) is 5.69 Å². The number of hydrogen-bond donors (Lipinski definition) is 2. The lowest BCUT2D eigenvalue weighted by Gasteiger charge is -2.21. The number of nitro benzene ring substituents is 1. The van der Waals surface area contributed by atoms with E-state index >= 15 is 0 Å². The second kappa shape index (κ2) is 6.99. The standard InChI is InChI=1S/C18H20N4O4S/c1-11(2)17(18-20-13-6-4-5-7-14(13)21-18)19-15-9-8-12(27(3,25)26)10-16(15)22(23)24/h4-11,17,19H,1-3H3,(H,20,21)/t17-/m0/s1. The monoisotopic (exact) mass is 388 g/mol. The van der Waals surface area contributed by atoms with Crippen molar-refractivity contribution in [1.82, 2.24) is 9.97 Å². The van der Waals surface area contributed by atoms with Gasteiger partial charge in [0.05, 0.1) is 26.9 Å². The van der Waals surface area contributed by atoms with Gasteiger partial charge in [0.2, 0.25) is 0 Å². The van der Waals surface area contributed by atoms with Gasteiger partial charge in [-0.25, -0.2) is 13.4 Å². The summed E-state index contributed by atoms with van der Waals surface area (Å²) in [7, 11) is -3.54. The van der Waals surface area contributed by atoms with Crippen LogP contribution in [0.3, 0.4) is 0 Å². The third-order valence-electron chi connectivity index (χ3n) is 4.27. The smallest absolute Gasteiger partial charge is 0.293 e. The first kappa shape index (κ1) is 18.8. The minimum absolute atomic E-state index is 0.0692. The Balaban J connectivity index is 2.03. The van der Waals surface area contributed by atoms with Crippen LogP contribution in [0.25, 0.3) is 11.0 Å². The number of fused-ring (bicyclic) bond motifs is 1. The maximum absolute atomic E-state index is 11.7. The number of rotatable bonds is 6. The van der Waals surface area contributed by atoms with Crippen molar-refractivity contribution in [3.05, 3.63) is 58.4 Å². The van der Waals surface area contributed by atoms with Crippen molar-refractivity contribution in [2.75, 3.05) is 11.6 Å². The number of anilines is 1. The number of imidazole rings is 1. The number of aromatic nitrogens is 2. The van der Waals surface area contributed by atoms with Crippen molar-refractivity contribution in [3.63, 3.8) is 0 Å². The second-order valence-electron chi connectivity index (χ2n) is 6.71. The number of para-hydroxylation sites is 2. The Morgan fingerprint density at radius 2 is 1.89 bits per heavy atom. The first-order valence-electron chi connectivity index (χ1n) is 8.36. The van der Waals surface area contributed by atoms with E-state index in [1.54, 1.807) is 0 Å². The van der Waals surface area contributed by atoms with Gasteiger partial charge < -0.3 is 10.3 Å². The van der Waals surface area contributed by atoms with Gasteiger partial charge in [-0.3, -0.25) is 10.1 Å². The Labute approximate surface area is 156 Å². The Morgan fingerprint density at radius 3 is 2.48 bits per heavy atom. The summed E-state index contributed by atoms with van der Waals surface area (Å²) in [5.41, 5.74) is 1.63. The van der Waals surface area contributed by atoms with Crippen molar-refractivity contribution >= 4 is 32.2 Å². The lowest BCUT2D eigenvalue weighted by atomic mass is 10.0. The van der Waals surface area contributed by atoms with Crippen LogP contribution in [0.4, 0.5) is 11.4 Å². The van der Waals surface area contributed by atoms with Gasteiger partial charge in [-0.15, -0.1) is 0 Å². The van der Waals surface area contributed by atoms with Crippen LogP contribution in [-0.4, -0.2) is 29.6 Å². The zero-order chi connectivity index (χ0) is 19.8. The average Bonchev–Trinajstić information content (AvgIpc) is 3.01. The molecule has 27 heavy (non-hydrogen) atoms. The van der Waals surface area contributed by atoms with Crippen LogP contribution in [0.2, 0.25) is 0 Å². The lowest BCUT2D eigenvalue weighted by molar-refractivity contribution is -0.384. The maximum atomic E-state index is 11.7. The summed E-state index contributed by atoms with van der Waals surface area (Å²) in [5.74, 6) is 0.729. The number of nitrogens with zero attached hydrogens (tertiary/aromatic N) is 2. The SMILES string of the molecule is CC(C)[C@H](Nc1ccc(S(C)(=O)=O)cc1[N+](=O)[O-])c1nc2ccccc2[nH]1. The number of nitrogens with one attached hydrogen (secondary N) is 2. The van der Waals surface area contributed by atoms with Crippen LogP contribution < -0.4 is 5.32 Å². The fraction of sp³-hybridized carbons (Fsp3) is 0.278. The van der Waals surface area contributed by atoms with E-state index in [0.29, 0.717) is 5.82 Å². The molecule has 1 atom stereocenters. The molecule has 2 aromatic carbocycles. The molecule has 8 nitrogen and oxygen atoms in total. The van der Waals surface area contributed by atoms with Crippen LogP contribution in [-0.2, 0) is 9.84 Å². The second-order valence-corrected chi connectivity index (χ2v) is 8.73. The molecule has 0 radical (unpaired) electrons. The van der Waals surface area contributed by atoms with E-state index in [2.05, 4.69) is 15.3 Å². The van der Waals surface area contributed by atoms with Gasteiger partial charge in [0.15, 0.2) is 9.84 Å².